The molecule has 0 aromatic carbocycles. The fourth-order valence-corrected chi connectivity index (χ4v) is 1.02. The molecule has 0 saturated heterocycles. The summed E-state index contributed by atoms with van der Waals surface area (Å²) < 4.78 is 0. The predicted octanol–water partition coefficient (Wildman–Crippen LogP) is 1.34. The van der Waals surface area contributed by atoms with Gasteiger partial charge in [-0.15, -0.1) is 0 Å². The summed E-state index contributed by atoms with van der Waals surface area (Å²) in [5, 5.41) is 4.38. The molecule has 0 aromatic heterocycles. The van der Waals surface area contributed by atoms with Crippen molar-refractivity contribution in [3.63, 3.8) is 0 Å². The summed E-state index contributed by atoms with van der Waals surface area (Å²) in [6.45, 7) is 12.0. The van der Waals surface area contributed by atoms with E-state index in [9.17, 15) is 0 Å². The Labute approximate surface area is 71.0 Å². The van der Waals surface area contributed by atoms with Crippen LogP contribution in [-0.2, 0) is 0 Å². The minimum absolute atomic E-state index is 1.01. The molecule has 2 heteroatoms. The summed E-state index contributed by atoms with van der Waals surface area (Å²) in [5.41, 5.74) is 0. The van der Waals surface area contributed by atoms with E-state index in [-0.39, 0.29) is 0 Å². The fourth-order valence-electron chi connectivity index (χ4n) is 1.02. The molecular weight excluding hydrogens is 136 g/mol. The van der Waals surface area contributed by atoms with E-state index in [1.54, 1.807) is 0 Å². The molecule has 67 valence electrons. The maximum Gasteiger partial charge on any atom is 0.0261 e. The second-order valence-corrected chi connectivity index (χ2v) is 2.70. The Morgan fingerprint density at radius 3 is 2.09 bits per heavy atom. The quantitative estimate of drug-likeness (QED) is 0.510. The second kappa shape index (κ2) is 8.02. The molecule has 0 heterocycles. The van der Waals surface area contributed by atoms with Crippen molar-refractivity contribution in [1.82, 2.24) is 10.2 Å². The number of hydrogen-bond donors (Lipinski definition) is 0. The summed E-state index contributed by atoms with van der Waals surface area (Å²) in [6, 6.07) is 0. The third-order valence-electron chi connectivity index (χ3n) is 1.85. The summed E-state index contributed by atoms with van der Waals surface area (Å²) in [6.07, 6.45) is 1.18. The maximum absolute atomic E-state index is 4.38. The van der Waals surface area contributed by atoms with Gasteiger partial charge in [0.05, 0.1) is 0 Å². The molecule has 0 rings (SSSR count). The molecule has 0 bridgehead atoms. The summed E-state index contributed by atoms with van der Waals surface area (Å²) in [4.78, 5) is 2.40. The number of likely N-dealkylation sites (N-methyl/N-ethyl adjacent to an activating group) is 1. The third kappa shape index (κ3) is 6.32. The Morgan fingerprint density at radius 2 is 1.64 bits per heavy atom. The molecule has 0 N–H and O–H groups in total. The van der Waals surface area contributed by atoms with Crippen LogP contribution in [-0.4, -0.2) is 37.6 Å². The van der Waals surface area contributed by atoms with Gasteiger partial charge in [0.2, 0.25) is 0 Å². The fraction of sp³-hybridized carbons (Fsp3) is 1.00. The van der Waals surface area contributed by atoms with E-state index in [0.29, 0.717) is 0 Å². The van der Waals surface area contributed by atoms with Crippen LogP contribution in [0, 0.1) is 0 Å². The van der Waals surface area contributed by atoms with Gasteiger partial charge in [-0.05, 0) is 19.5 Å². The molecule has 0 amide bonds. The largest absolute Gasteiger partial charge is 0.303 e. The van der Waals surface area contributed by atoms with Gasteiger partial charge >= 0.3 is 0 Å². The molecule has 0 spiro atoms. The van der Waals surface area contributed by atoms with Crippen LogP contribution in [0.2, 0.25) is 0 Å². The van der Waals surface area contributed by atoms with Crippen molar-refractivity contribution in [3.05, 3.63) is 0 Å². The van der Waals surface area contributed by atoms with Crippen molar-refractivity contribution in [2.45, 2.75) is 27.2 Å². The first kappa shape index (κ1) is 10.9. The van der Waals surface area contributed by atoms with Crippen molar-refractivity contribution in [2.75, 3.05) is 32.7 Å². The highest BCUT2D eigenvalue weighted by Gasteiger charge is 1.96. The van der Waals surface area contributed by atoms with Crippen molar-refractivity contribution in [2.24, 2.45) is 0 Å². The van der Waals surface area contributed by atoms with Gasteiger partial charge in [-0.2, -0.15) is 0 Å². The zero-order valence-corrected chi connectivity index (χ0v) is 8.14. The molecule has 0 saturated carbocycles. The van der Waals surface area contributed by atoms with E-state index in [4.69, 9.17) is 0 Å². The van der Waals surface area contributed by atoms with Crippen LogP contribution >= 0.6 is 0 Å². The molecular formula is C9H21N2. The average molecular weight is 157 g/mol. The molecule has 0 fully saturated rings. The van der Waals surface area contributed by atoms with Gasteiger partial charge in [-0.25, -0.2) is 5.32 Å². The molecule has 11 heavy (non-hydrogen) atoms. The van der Waals surface area contributed by atoms with E-state index in [0.717, 1.165) is 32.7 Å². The molecule has 0 aliphatic rings. The van der Waals surface area contributed by atoms with Crippen LogP contribution < -0.4 is 5.32 Å². The van der Waals surface area contributed by atoms with Crippen LogP contribution in [0.15, 0.2) is 0 Å². The van der Waals surface area contributed by atoms with E-state index in [1.807, 2.05) is 0 Å². The van der Waals surface area contributed by atoms with E-state index in [2.05, 4.69) is 31.0 Å². The predicted molar refractivity (Wildman–Crippen MR) is 49.9 cm³/mol. The maximum atomic E-state index is 4.38. The van der Waals surface area contributed by atoms with Gasteiger partial charge in [-0.1, -0.05) is 20.8 Å². The summed E-state index contributed by atoms with van der Waals surface area (Å²) in [7, 11) is 0. The lowest BCUT2D eigenvalue weighted by Crippen LogP contribution is -2.29. The summed E-state index contributed by atoms with van der Waals surface area (Å²) >= 11 is 0. The van der Waals surface area contributed by atoms with Crippen LogP contribution in [0.3, 0.4) is 0 Å². The van der Waals surface area contributed by atoms with Crippen LogP contribution in [0.5, 0.6) is 0 Å². The lowest BCUT2D eigenvalue weighted by Gasteiger charge is -2.17. The number of nitrogens with zero attached hydrogens (tertiary/aromatic N) is 2. The van der Waals surface area contributed by atoms with Crippen LogP contribution in [0.1, 0.15) is 27.2 Å². The van der Waals surface area contributed by atoms with Crippen LogP contribution in [0.25, 0.3) is 0 Å². The Kier molecular flexibility index (Phi) is 7.96. The SMILES string of the molecule is CCC[N]CCN(CC)CC. The molecule has 0 atom stereocenters. The number of hydrogen-bond acceptors (Lipinski definition) is 1. The highest BCUT2D eigenvalue weighted by molar-refractivity contribution is 4.54. The molecule has 2 nitrogen and oxygen atoms in total. The van der Waals surface area contributed by atoms with E-state index >= 15 is 0 Å². The van der Waals surface area contributed by atoms with Crippen molar-refractivity contribution in [1.29, 1.82) is 0 Å². The minimum Gasteiger partial charge on any atom is -0.303 e. The van der Waals surface area contributed by atoms with Gasteiger partial charge in [0, 0.05) is 19.6 Å². The van der Waals surface area contributed by atoms with E-state index in [1.165, 1.54) is 6.42 Å². The van der Waals surface area contributed by atoms with Crippen molar-refractivity contribution in [3.8, 4) is 0 Å². The first-order valence-electron chi connectivity index (χ1n) is 4.70. The molecule has 0 unspecified atom stereocenters. The van der Waals surface area contributed by atoms with Crippen molar-refractivity contribution < 1.29 is 0 Å². The standard InChI is InChI=1S/C9H21N2/c1-4-7-10-8-9-11(5-2)6-3/h4-9H2,1-3H3. The van der Waals surface area contributed by atoms with Gasteiger partial charge < -0.3 is 4.90 Å². The van der Waals surface area contributed by atoms with Gasteiger partial charge in [0.15, 0.2) is 0 Å². The molecule has 0 aliphatic heterocycles. The zero-order valence-electron chi connectivity index (χ0n) is 8.14. The van der Waals surface area contributed by atoms with Crippen LogP contribution in [0.4, 0.5) is 0 Å². The monoisotopic (exact) mass is 157 g/mol. The second-order valence-electron chi connectivity index (χ2n) is 2.70. The molecule has 0 aromatic rings. The molecule has 1 radical (unpaired) electrons. The average Bonchev–Trinajstić information content (AvgIpc) is 2.05. The van der Waals surface area contributed by atoms with Gasteiger partial charge in [-0.3, -0.25) is 0 Å². The Bertz CT molecular complexity index is 70.0. The Morgan fingerprint density at radius 1 is 1.00 bits per heavy atom. The lowest BCUT2D eigenvalue weighted by atomic mass is 10.4. The van der Waals surface area contributed by atoms with Crippen molar-refractivity contribution >= 4 is 0 Å². The first-order chi connectivity index (χ1) is 5.35. The van der Waals surface area contributed by atoms with E-state index < -0.39 is 0 Å². The topological polar surface area (TPSA) is 17.3 Å². The molecule has 0 aliphatic carbocycles. The highest BCUT2D eigenvalue weighted by Crippen LogP contribution is 1.84. The normalized spacial score (nSPS) is 10.9. The first-order valence-corrected chi connectivity index (χ1v) is 4.70. The number of rotatable bonds is 7. The Hall–Kier alpha value is -0.0800. The Balaban J connectivity index is 3.07. The lowest BCUT2D eigenvalue weighted by molar-refractivity contribution is 0.301. The highest BCUT2D eigenvalue weighted by atomic mass is 15.1. The third-order valence-corrected chi connectivity index (χ3v) is 1.85. The smallest absolute Gasteiger partial charge is 0.0261 e. The minimum atomic E-state index is 1.01. The van der Waals surface area contributed by atoms with Gasteiger partial charge in [0.1, 0.15) is 0 Å². The zero-order chi connectivity index (χ0) is 8.53. The van der Waals surface area contributed by atoms with Gasteiger partial charge in [0.25, 0.3) is 0 Å². The summed E-state index contributed by atoms with van der Waals surface area (Å²) in [5.74, 6) is 0.